The van der Waals surface area contributed by atoms with Crippen molar-refractivity contribution in [1.82, 2.24) is 9.80 Å². The first-order valence-corrected chi connectivity index (χ1v) is 11.9. The minimum Gasteiger partial charge on any atom is -0.497 e. The number of unbranched alkanes of at least 4 members (excludes halogenated alkanes) is 1. The molecule has 0 saturated carbocycles. The molecule has 6 nitrogen and oxygen atoms in total. The van der Waals surface area contributed by atoms with Crippen LogP contribution in [0.1, 0.15) is 46.4 Å². The van der Waals surface area contributed by atoms with Gasteiger partial charge in [-0.1, -0.05) is 12.8 Å². The van der Waals surface area contributed by atoms with Crippen LogP contribution in [0.5, 0.6) is 11.5 Å². The molecule has 0 spiro atoms. The van der Waals surface area contributed by atoms with Gasteiger partial charge in [0.2, 0.25) is 0 Å². The van der Waals surface area contributed by atoms with Crippen LogP contribution in [0.25, 0.3) is 0 Å². The van der Waals surface area contributed by atoms with Crippen molar-refractivity contribution in [2.45, 2.75) is 25.7 Å². The maximum Gasteiger partial charge on any atom is 0.167 e. The molecule has 0 saturated heterocycles. The Kier molecular flexibility index (Phi) is 13.6. The van der Waals surface area contributed by atoms with Crippen molar-refractivity contribution in [1.29, 1.82) is 0 Å². The van der Waals surface area contributed by atoms with Gasteiger partial charge < -0.3 is 19.3 Å². The second kappa shape index (κ2) is 15.6. The molecule has 0 N–H and O–H groups in total. The molecule has 194 valence electrons. The first-order valence-electron chi connectivity index (χ1n) is 11.9. The van der Waals surface area contributed by atoms with Gasteiger partial charge in [0.1, 0.15) is 11.5 Å². The molecule has 0 aliphatic rings. The van der Waals surface area contributed by atoms with E-state index < -0.39 is 0 Å². The Balaban J connectivity index is 0.00000612. The van der Waals surface area contributed by atoms with Gasteiger partial charge in [0.25, 0.3) is 0 Å². The van der Waals surface area contributed by atoms with E-state index in [1.54, 1.807) is 14.2 Å². The number of hydrogen-bond acceptors (Lipinski definition) is 6. The summed E-state index contributed by atoms with van der Waals surface area (Å²) in [6.07, 6.45) is 3.41. The summed E-state index contributed by atoms with van der Waals surface area (Å²) in [6.45, 7) is 1.41. The van der Waals surface area contributed by atoms with E-state index in [1.807, 2.05) is 76.7 Å². The van der Waals surface area contributed by atoms with Gasteiger partial charge in [0, 0.05) is 36.1 Å². The van der Waals surface area contributed by atoms with Gasteiger partial charge in [-0.05, 0) is 89.6 Å². The van der Waals surface area contributed by atoms with E-state index in [0.29, 0.717) is 24.2 Å². The Morgan fingerprint density at radius 1 is 0.657 bits per heavy atom. The van der Waals surface area contributed by atoms with Gasteiger partial charge in [-0.15, -0.1) is 12.4 Å². The minimum absolute atomic E-state index is 0. The molecule has 2 unspecified atom stereocenters. The van der Waals surface area contributed by atoms with E-state index >= 15 is 0 Å². The number of halogens is 1. The number of carbonyl (C=O) groups is 2. The lowest BCUT2D eigenvalue weighted by atomic mass is 9.88. The lowest BCUT2D eigenvalue weighted by molar-refractivity contribution is 0.0867. The SMILES string of the molecule is COc1ccc(C(=O)C(CCCCC(CN(C)C)C(=O)c2ccc(OC)cc2)CN(C)C)cc1.Cl. The zero-order valence-electron chi connectivity index (χ0n) is 22.0. The third-order valence-corrected chi connectivity index (χ3v) is 6.02. The average Bonchev–Trinajstić information content (AvgIpc) is 2.83. The quantitative estimate of drug-likeness (QED) is 0.248. The number of benzene rings is 2. The van der Waals surface area contributed by atoms with Crippen molar-refractivity contribution in [3.63, 3.8) is 0 Å². The predicted octanol–water partition coefficient (Wildman–Crippen LogP) is 5.11. The van der Waals surface area contributed by atoms with Crippen molar-refractivity contribution in [2.24, 2.45) is 11.8 Å². The zero-order valence-corrected chi connectivity index (χ0v) is 22.8. The Morgan fingerprint density at radius 3 is 1.23 bits per heavy atom. The van der Waals surface area contributed by atoms with E-state index in [2.05, 4.69) is 9.80 Å². The van der Waals surface area contributed by atoms with Gasteiger partial charge in [0.15, 0.2) is 11.6 Å². The molecule has 0 bridgehead atoms. The molecule has 2 rings (SSSR count). The number of ketones is 2. The summed E-state index contributed by atoms with van der Waals surface area (Å²) in [7, 11) is 11.2. The molecule has 0 amide bonds. The molecule has 0 fully saturated rings. The first-order chi connectivity index (χ1) is 16.2. The number of Topliss-reactive ketones (excluding diaryl/α,β-unsaturated/α-hetero) is 2. The average molecular weight is 505 g/mol. The fraction of sp³-hybridized carbons (Fsp3) is 0.500. The van der Waals surface area contributed by atoms with Gasteiger partial charge in [-0.2, -0.15) is 0 Å². The molecular weight excluding hydrogens is 464 g/mol. The Bertz CT molecular complexity index is 823. The number of ether oxygens (including phenoxy) is 2. The lowest BCUT2D eigenvalue weighted by Crippen LogP contribution is -2.29. The highest BCUT2D eigenvalue weighted by molar-refractivity contribution is 5.98. The molecule has 0 aliphatic heterocycles. The number of rotatable bonds is 15. The smallest absolute Gasteiger partial charge is 0.167 e. The number of hydrogen-bond donors (Lipinski definition) is 0. The van der Waals surface area contributed by atoms with Gasteiger partial charge >= 0.3 is 0 Å². The highest BCUT2D eigenvalue weighted by Gasteiger charge is 2.23. The summed E-state index contributed by atoms with van der Waals surface area (Å²) in [5.74, 6) is 1.66. The minimum atomic E-state index is -0.0759. The van der Waals surface area contributed by atoms with Crippen LogP contribution in [-0.4, -0.2) is 76.9 Å². The Morgan fingerprint density at radius 2 is 0.971 bits per heavy atom. The predicted molar refractivity (Wildman–Crippen MR) is 144 cm³/mol. The maximum absolute atomic E-state index is 13.2. The van der Waals surface area contributed by atoms with Crippen LogP contribution < -0.4 is 9.47 Å². The summed E-state index contributed by atoms with van der Waals surface area (Å²) in [4.78, 5) is 30.4. The van der Waals surface area contributed by atoms with Crippen LogP contribution in [-0.2, 0) is 0 Å². The molecule has 7 heteroatoms. The third kappa shape index (κ3) is 10.0. The molecule has 0 radical (unpaired) electrons. The Labute approximate surface area is 217 Å². The summed E-state index contributed by atoms with van der Waals surface area (Å²) in [5.41, 5.74) is 1.43. The van der Waals surface area contributed by atoms with Gasteiger partial charge in [-0.3, -0.25) is 9.59 Å². The molecule has 0 heterocycles. The van der Waals surface area contributed by atoms with Gasteiger partial charge in [-0.25, -0.2) is 0 Å². The van der Waals surface area contributed by atoms with Crippen LogP contribution in [0, 0.1) is 11.8 Å². The molecule has 0 aromatic heterocycles. The molecule has 35 heavy (non-hydrogen) atoms. The monoisotopic (exact) mass is 504 g/mol. The normalized spacial score (nSPS) is 12.7. The number of methoxy groups -OCH3 is 2. The summed E-state index contributed by atoms with van der Waals surface area (Å²) < 4.78 is 10.4. The molecule has 2 atom stereocenters. The lowest BCUT2D eigenvalue weighted by Gasteiger charge is -2.22. The van der Waals surface area contributed by atoms with Crippen LogP contribution in [0.2, 0.25) is 0 Å². The number of carbonyl (C=O) groups excluding carboxylic acids is 2. The van der Waals surface area contributed by atoms with E-state index in [4.69, 9.17) is 9.47 Å². The van der Waals surface area contributed by atoms with E-state index in [0.717, 1.165) is 37.2 Å². The van der Waals surface area contributed by atoms with Crippen LogP contribution in [0.15, 0.2) is 48.5 Å². The second-order valence-electron chi connectivity index (χ2n) is 9.39. The molecule has 0 aliphatic carbocycles. The molecule has 2 aromatic rings. The Hall–Kier alpha value is -2.41. The summed E-state index contributed by atoms with van der Waals surface area (Å²) in [5, 5.41) is 0. The fourth-order valence-electron chi connectivity index (χ4n) is 4.26. The third-order valence-electron chi connectivity index (χ3n) is 6.02. The van der Waals surface area contributed by atoms with Crippen LogP contribution >= 0.6 is 12.4 Å². The molecular formula is C28H41ClN2O4. The summed E-state index contributed by atoms with van der Waals surface area (Å²) >= 11 is 0. The molecule has 2 aromatic carbocycles. The van der Waals surface area contributed by atoms with Crippen molar-refractivity contribution in [2.75, 3.05) is 55.5 Å². The number of nitrogens with zero attached hydrogens (tertiary/aromatic N) is 2. The largest absolute Gasteiger partial charge is 0.497 e. The first kappa shape index (κ1) is 30.6. The van der Waals surface area contributed by atoms with E-state index in [9.17, 15) is 9.59 Å². The maximum atomic E-state index is 13.2. The zero-order chi connectivity index (χ0) is 25.1. The van der Waals surface area contributed by atoms with Crippen molar-refractivity contribution in [3.8, 4) is 11.5 Å². The van der Waals surface area contributed by atoms with E-state index in [1.165, 1.54) is 0 Å². The highest BCUT2D eigenvalue weighted by Crippen LogP contribution is 2.23. The van der Waals surface area contributed by atoms with Crippen LogP contribution in [0.4, 0.5) is 0 Å². The second-order valence-corrected chi connectivity index (χ2v) is 9.39. The van der Waals surface area contributed by atoms with Crippen molar-refractivity contribution in [3.05, 3.63) is 59.7 Å². The van der Waals surface area contributed by atoms with E-state index in [-0.39, 0.29) is 35.8 Å². The van der Waals surface area contributed by atoms with Crippen LogP contribution in [0.3, 0.4) is 0 Å². The topological polar surface area (TPSA) is 59.1 Å². The van der Waals surface area contributed by atoms with Crippen molar-refractivity contribution >= 4 is 24.0 Å². The fourth-order valence-corrected chi connectivity index (χ4v) is 4.26. The van der Waals surface area contributed by atoms with Gasteiger partial charge in [0.05, 0.1) is 14.2 Å². The highest BCUT2D eigenvalue weighted by atomic mass is 35.5. The van der Waals surface area contributed by atoms with Crippen molar-refractivity contribution < 1.29 is 19.1 Å². The summed E-state index contributed by atoms with van der Waals surface area (Å²) in [6, 6.07) is 14.7. The standard InChI is InChI=1S/C28H40N2O4.ClH/c1-29(2)19-23(27(31)21-11-15-25(33-5)16-12-21)9-7-8-10-24(20-30(3)4)28(32)22-13-17-26(34-6)18-14-22;/h11-18,23-24H,7-10,19-20H2,1-6H3;1H.